The van der Waals surface area contributed by atoms with Gasteiger partial charge in [0.25, 0.3) is 5.91 Å². The highest BCUT2D eigenvalue weighted by atomic mass is 19.1. The standard InChI is InChI=1S/C29H34FN7O4/c1-29(2)14-19(25(38)37-29)13-21(15-31)34-26(39)22(11-17-3-4-17)35-27(40)23(12-18-5-7-20(30)8-6-18)36-28(41)24-16-32-9-10-33-24/h5-10,16-17,19,21-23H,3-4,11-14H2,1-2H3,(H,34,39)(H,35,40)(H,36,41)(H,37,38). The zero-order chi connectivity index (χ0) is 29.6. The molecule has 1 saturated heterocycles. The van der Waals surface area contributed by atoms with E-state index in [1.165, 1.54) is 42.9 Å². The van der Waals surface area contributed by atoms with Crippen LogP contribution in [0.2, 0.25) is 0 Å². The Bertz CT molecular complexity index is 1310. The maximum Gasteiger partial charge on any atom is 0.272 e. The van der Waals surface area contributed by atoms with Crippen molar-refractivity contribution in [3.05, 3.63) is 59.9 Å². The molecule has 12 heteroatoms. The number of benzene rings is 1. The quantitative estimate of drug-likeness (QED) is 0.304. The lowest BCUT2D eigenvalue weighted by atomic mass is 9.92. The van der Waals surface area contributed by atoms with Crippen molar-refractivity contribution in [2.24, 2.45) is 11.8 Å². The Hall–Kier alpha value is -4.40. The topological polar surface area (TPSA) is 166 Å². The van der Waals surface area contributed by atoms with Crippen molar-refractivity contribution in [2.75, 3.05) is 0 Å². The minimum absolute atomic E-state index is 0.00710. The Balaban J connectivity index is 1.46. The fourth-order valence-electron chi connectivity index (χ4n) is 4.99. The summed E-state index contributed by atoms with van der Waals surface area (Å²) < 4.78 is 13.5. The molecule has 0 bridgehead atoms. The van der Waals surface area contributed by atoms with Gasteiger partial charge in [0, 0.05) is 30.3 Å². The average Bonchev–Trinajstić information content (AvgIpc) is 3.72. The number of nitrogens with one attached hydrogen (secondary N) is 4. The van der Waals surface area contributed by atoms with E-state index in [4.69, 9.17) is 0 Å². The third-order valence-corrected chi connectivity index (χ3v) is 7.25. The second kappa shape index (κ2) is 12.8. The molecule has 1 aromatic heterocycles. The van der Waals surface area contributed by atoms with E-state index >= 15 is 0 Å². The largest absolute Gasteiger partial charge is 0.351 e. The highest BCUT2D eigenvalue weighted by Gasteiger charge is 2.39. The number of halogens is 1. The van der Waals surface area contributed by atoms with Crippen molar-refractivity contribution >= 4 is 23.6 Å². The number of hydrogen-bond donors (Lipinski definition) is 4. The van der Waals surface area contributed by atoms with Gasteiger partial charge in [0.1, 0.15) is 29.6 Å². The number of hydrogen-bond acceptors (Lipinski definition) is 7. The molecule has 11 nitrogen and oxygen atoms in total. The van der Waals surface area contributed by atoms with Gasteiger partial charge < -0.3 is 21.3 Å². The van der Waals surface area contributed by atoms with E-state index in [9.17, 15) is 28.8 Å². The maximum atomic E-state index is 13.5. The third kappa shape index (κ3) is 8.54. The second-order valence-electron chi connectivity index (χ2n) is 11.4. The molecule has 2 aromatic rings. The average molecular weight is 564 g/mol. The van der Waals surface area contributed by atoms with E-state index in [1.54, 1.807) is 0 Å². The van der Waals surface area contributed by atoms with Crippen LogP contribution in [0, 0.1) is 29.0 Å². The van der Waals surface area contributed by atoms with E-state index in [1.807, 2.05) is 13.8 Å². The number of nitriles is 1. The second-order valence-corrected chi connectivity index (χ2v) is 11.4. The third-order valence-electron chi connectivity index (χ3n) is 7.25. The fraction of sp³-hybridized carbons (Fsp3) is 0.483. The number of aromatic nitrogens is 2. The lowest BCUT2D eigenvalue weighted by Crippen LogP contribution is -2.55. The number of rotatable bonds is 12. The van der Waals surface area contributed by atoms with Gasteiger partial charge in [-0.05, 0) is 56.7 Å². The summed E-state index contributed by atoms with van der Waals surface area (Å²) in [5, 5.41) is 20.7. The molecular formula is C29H34FN7O4. The van der Waals surface area contributed by atoms with Crippen molar-refractivity contribution in [3.8, 4) is 6.07 Å². The number of carbonyl (C=O) groups excluding carboxylic acids is 4. The Labute approximate surface area is 237 Å². The molecule has 1 aliphatic carbocycles. The van der Waals surface area contributed by atoms with Crippen LogP contribution in [0.3, 0.4) is 0 Å². The Morgan fingerprint density at radius 3 is 2.37 bits per heavy atom. The molecule has 2 aliphatic rings. The van der Waals surface area contributed by atoms with Crippen LogP contribution in [-0.2, 0) is 20.8 Å². The van der Waals surface area contributed by atoms with Gasteiger partial charge in [-0.3, -0.25) is 24.2 Å². The van der Waals surface area contributed by atoms with E-state index < -0.39 is 47.6 Å². The number of nitrogens with zero attached hydrogens (tertiary/aromatic N) is 3. The minimum Gasteiger partial charge on any atom is -0.351 e. The molecule has 0 spiro atoms. The van der Waals surface area contributed by atoms with Gasteiger partial charge >= 0.3 is 0 Å². The summed E-state index contributed by atoms with van der Waals surface area (Å²) in [5.74, 6) is -2.54. The molecule has 41 heavy (non-hydrogen) atoms. The SMILES string of the molecule is CC1(C)CC(CC(C#N)NC(=O)C(CC2CC2)NC(=O)C(Cc2ccc(F)cc2)NC(=O)c2cnccn2)C(=O)N1. The van der Waals surface area contributed by atoms with Gasteiger partial charge in [-0.15, -0.1) is 0 Å². The van der Waals surface area contributed by atoms with Gasteiger partial charge in [-0.1, -0.05) is 25.0 Å². The number of amides is 4. The van der Waals surface area contributed by atoms with E-state index in [2.05, 4.69) is 37.3 Å². The molecule has 4 unspecified atom stereocenters. The van der Waals surface area contributed by atoms with Crippen LogP contribution in [0.1, 0.15) is 62.0 Å². The maximum absolute atomic E-state index is 13.5. The highest BCUT2D eigenvalue weighted by Crippen LogP contribution is 2.34. The molecular weight excluding hydrogens is 529 g/mol. The molecule has 4 amide bonds. The van der Waals surface area contributed by atoms with Gasteiger partial charge in [0.05, 0.1) is 12.3 Å². The highest BCUT2D eigenvalue weighted by molar-refractivity contribution is 5.97. The molecule has 4 rings (SSSR count). The van der Waals surface area contributed by atoms with Crippen LogP contribution in [0.15, 0.2) is 42.9 Å². The lowest BCUT2D eigenvalue weighted by molar-refractivity contribution is -0.130. The lowest BCUT2D eigenvalue weighted by Gasteiger charge is -2.24. The van der Waals surface area contributed by atoms with Crippen molar-refractivity contribution in [3.63, 3.8) is 0 Å². The Kier molecular flexibility index (Phi) is 9.27. The van der Waals surface area contributed by atoms with Crippen LogP contribution in [-0.4, -0.2) is 57.3 Å². The van der Waals surface area contributed by atoms with Crippen molar-refractivity contribution in [2.45, 2.75) is 76.0 Å². The minimum atomic E-state index is -1.11. The predicted octanol–water partition coefficient (Wildman–Crippen LogP) is 1.55. The van der Waals surface area contributed by atoms with Gasteiger partial charge in [0.2, 0.25) is 17.7 Å². The zero-order valence-electron chi connectivity index (χ0n) is 23.0. The zero-order valence-corrected chi connectivity index (χ0v) is 23.0. The first-order valence-electron chi connectivity index (χ1n) is 13.7. The van der Waals surface area contributed by atoms with E-state index in [0.29, 0.717) is 18.4 Å². The molecule has 216 valence electrons. The molecule has 1 aromatic carbocycles. The Morgan fingerprint density at radius 2 is 1.78 bits per heavy atom. The van der Waals surface area contributed by atoms with Gasteiger partial charge in [-0.2, -0.15) is 5.26 Å². The van der Waals surface area contributed by atoms with Crippen LogP contribution in [0.4, 0.5) is 4.39 Å². The summed E-state index contributed by atoms with van der Waals surface area (Å²) in [6.45, 7) is 3.80. The van der Waals surface area contributed by atoms with Crippen LogP contribution >= 0.6 is 0 Å². The van der Waals surface area contributed by atoms with Crippen LogP contribution in [0.5, 0.6) is 0 Å². The monoisotopic (exact) mass is 563 g/mol. The van der Waals surface area contributed by atoms with Gasteiger partial charge in [-0.25, -0.2) is 9.37 Å². The summed E-state index contributed by atoms with van der Waals surface area (Å²) in [5.41, 5.74) is 0.216. The van der Waals surface area contributed by atoms with E-state index in [0.717, 1.165) is 12.8 Å². The van der Waals surface area contributed by atoms with Crippen molar-refractivity contribution in [1.29, 1.82) is 5.26 Å². The summed E-state index contributed by atoms with van der Waals surface area (Å²) in [4.78, 5) is 59.9. The number of carbonyl (C=O) groups is 4. The first-order chi connectivity index (χ1) is 19.5. The molecule has 1 aliphatic heterocycles. The Morgan fingerprint density at radius 1 is 1.07 bits per heavy atom. The molecule has 4 atom stereocenters. The predicted molar refractivity (Wildman–Crippen MR) is 145 cm³/mol. The first-order valence-corrected chi connectivity index (χ1v) is 13.7. The normalized spacial score (nSPS) is 19.7. The summed E-state index contributed by atoms with van der Waals surface area (Å²) in [7, 11) is 0. The molecule has 4 N–H and O–H groups in total. The van der Waals surface area contributed by atoms with Crippen LogP contribution in [0.25, 0.3) is 0 Å². The molecule has 2 heterocycles. The molecule has 2 fully saturated rings. The van der Waals surface area contributed by atoms with Crippen molar-refractivity contribution < 1.29 is 23.6 Å². The summed E-state index contributed by atoms with van der Waals surface area (Å²) in [6.07, 6.45) is 6.96. The van der Waals surface area contributed by atoms with Gasteiger partial charge in [0.15, 0.2) is 0 Å². The molecule has 0 radical (unpaired) electrons. The summed E-state index contributed by atoms with van der Waals surface area (Å²) in [6, 6.07) is 4.61. The van der Waals surface area contributed by atoms with Crippen molar-refractivity contribution in [1.82, 2.24) is 31.2 Å². The van der Waals surface area contributed by atoms with E-state index in [-0.39, 0.29) is 35.9 Å². The first kappa shape index (κ1) is 29.6. The fourth-order valence-corrected chi connectivity index (χ4v) is 4.99. The smallest absolute Gasteiger partial charge is 0.272 e. The summed E-state index contributed by atoms with van der Waals surface area (Å²) >= 11 is 0. The van der Waals surface area contributed by atoms with Crippen LogP contribution < -0.4 is 21.3 Å². The molecule has 1 saturated carbocycles.